The van der Waals surface area contributed by atoms with Crippen molar-refractivity contribution in [2.75, 3.05) is 0 Å². The molecular formula is C24H28O. The van der Waals surface area contributed by atoms with E-state index in [-0.39, 0.29) is 11.0 Å². The van der Waals surface area contributed by atoms with Crippen LogP contribution in [0.3, 0.4) is 0 Å². The summed E-state index contributed by atoms with van der Waals surface area (Å²) in [6, 6.07) is 22.5. The summed E-state index contributed by atoms with van der Waals surface area (Å²) in [7, 11) is 0. The first-order valence-electron chi connectivity index (χ1n) is 9.82. The summed E-state index contributed by atoms with van der Waals surface area (Å²) >= 11 is 0. The van der Waals surface area contributed by atoms with Crippen LogP contribution in [0, 0.1) is 23.7 Å². The third-order valence-electron chi connectivity index (χ3n) is 6.92. The lowest BCUT2D eigenvalue weighted by atomic mass is 9.77. The maximum absolute atomic E-state index is 6.55. The Morgan fingerprint density at radius 3 is 1.60 bits per heavy atom. The van der Waals surface area contributed by atoms with Crippen LogP contribution in [0.4, 0.5) is 0 Å². The number of hydrogen-bond acceptors (Lipinski definition) is 1. The highest BCUT2D eigenvalue weighted by molar-refractivity contribution is 5.52. The van der Waals surface area contributed by atoms with Crippen molar-refractivity contribution in [1.29, 1.82) is 0 Å². The zero-order valence-corrected chi connectivity index (χ0v) is 15.5. The summed E-state index contributed by atoms with van der Waals surface area (Å²) in [6.45, 7) is 6.62. The van der Waals surface area contributed by atoms with E-state index >= 15 is 0 Å². The van der Waals surface area contributed by atoms with Gasteiger partial charge in [-0.1, -0.05) is 60.7 Å². The molecule has 0 aliphatic heterocycles. The molecule has 2 bridgehead atoms. The second-order valence-corrected chi connectivity index (χ2v) is 9.25. The van der Waals surface area contributed by atoms with Crippen molar-refractivity contribution in [3.8, 4) is 0 Å². The fraction of sp³-hybridized carbons (Fsp3) is 0.500. The molecule has 0 heterocycles. The molecule has 0 saturated heterocycles. The van der Waals surface area contributed by atoms with Gasteiger partial charge < -0.3 is 4.74 Å². The van der Waals surface area contributed by atoms with Gasteiger partial charge in [0.15, 0.2) is 0 Å². The van der Waals surface area contributed by atoms with Gasteiger partial charge in [0, 0.05) is 5.41 Å². The van der Waals surface area contributed by atoms with Gasteiger partial charge in [-0.2, -0.15) is 0 Å². The van der Waals surface area contributed by atoms with Gasteiger partial charge in [0.1, 0.15) is 0 Å². The Bertz CT molecular complexity index is 698. The summed E-state index contributed by atoms with van der Waals surface area (Å²) < 4.78 is 6.55. The molecule has 3 fully saturated rings. The topological polar surface area (TPSA) is 9.23 Å². The highest BCUT2D eigenvalue weighted by Gasteiger charge is 2.78. The van der Waals surface area contributed by atoms with Gasteiger partial charge in [-0.25, -0.2) is 0 Å². The quantitative estimate of drug-likeness (QED) is 0.727. The van der Waals surface area contributed by atoms with E-state index in [9.17, 15) is 0 Å². The largest absolute Gasteiger partial charge is 0.372 e. The average molecular weight is 332 g/mol. The maximum Gasteiger partial charge on any atom is 0.0644 e. The maximum atomic E-state index is 6.55. The molecule has 1 unspecified atom stereocenters. The first-order valence-corrected chi connectivity index (χ1v) is 9.82. The van der Waals surface area contributed by atoms with Gasteiger partial charge >= 0.3 is 0 Å². The fourth-order valence-electron chi connectivity index (χ4n) is 6.40. The van der Waals surface area contributed by atoms with E-state index in [0.29, 0.717) is 6.10 Å². The smallest absolute Gasteiger partial charge is 0.0644 e. The van der Waals surface area contributed by atoms with Crippen molar-refractivity contribution in [3.63, 3.8) is 0 Å². The van der Waals surface area contributed by atoms with Crippen molar-refractivity contribution < 1.29 is 4.74 Å². The molecule has 3 saturated carbocycles. The molecule has 0 aromatic heterocycles. The molecule has 0 N–H and O–H groups in total. The van der Waals surface area contributed by atoms with Gasteiger partial charge in [0.2, 0.25) is 0 Å². The Balaban J connectivity index is 1.57. The standard InChI is InChI=1S/C24H28O/c1-23(2,3)25-22-18-14-15-19(22)21-20(18)24(21,16-10-6-4-7-11-16)17-12-8-5-9-13-17/h4-13,18-22H,14-15H2,1-3H3/t18-,19+,20-,21+,22?. The molecule has 5 atom stereocenters. The van der Waals surface area contributed by atoms with E-state index in [4.69, 9.17) is 4.74 Å². The minimum atomic E-state index is -0.0373. The molecule has 0 spiro atoms. The van der Waals surface area contributed by atoms with E-state index in [0.717, 1.165) is 23.7 Å². The zero-order chi connectivity index (χ0) is 17.2. The first-order chi connectivity index (χ1) is 12.0. The number of rotatable bonds is 3. The van der Waals surface area contributed by atoms with Gasteiger partial charge in [0.05, 0.1) is 11.7 Å². The van der Waals surface area contributed by atoms with Crippen LogP contribution in [0.2, 0.25) is 0 Å². The lowest BCUT2D eigenvalue weighted by Gasteiger charge is -2.34. The summed E-state index contributed by atoms with van der Waals surface area (Å²) in [5.41, 5.74) is 3.22. The highest BCUT2D eigenvalue weighted by atomic mass is 16.5. The summed E-state index contributed by atoms with van der Waals surface area (Å²) in [6.07, 6.45) is 3.15. The third-order valence-corrected chi connectivity index (χ3v) is 6.92. The van der Waals surface area contributed by atoms with Crippen molar-refractivity contribution in [1.82, 2.24) is 0 Å². The second kappa shape index (κ2) is 5.20. The zero-order valence-electron chi connectivity index (χ0n) is 15.5. The Morgan fingerprint density at radius 1 is 0.760 bits per heavy atom. The molecule has 2 aromatic carbocycles. The minimum Gasteiger partial charge on any atom is -0.372 e. The Kier molecular flexibility index (Phi) is 3.26. The molecule has 3 aliphatic rings. The lowest BCUT2D eigenvalue weighted by Crippen LogP contribution is -2.36. The van der Waals surface area contributed by atoms with Crippen molar-refractivity contribution in [3.05, 3.63) is 71.8 Å². The number of ether oxygens (including phenoxy) is 1. The summed E-state index contributed by atoms with van der Waals surface area (Å²) in [5, 5.41) is 0. The Labute approximate surface area is 151 Å². The normalized spacial score (nSPS) is 34.8. The van der Waals surface area contributed by atoms with Crippen LogP contribution in [-0.2, 0) is 10.2 Å². The van der Waals surface area contributed by atoms with Crippen molar-refractivity contribution in [2.45, 2.75) is 50.7 Å². The molecule has 0 amide bonds. The molecule has 130 valence electrons. The van der Waals surface area contributed by atoms with Gasteiger partial charge in [0.25, 0.3) is 0 Å². The van der Waals surface area contributed by atoms with E-state index in [2.05, 4.69) is 81.4 Å². The molecule has 1 heteroatoms. The average Bonchev–Trinajstić information content (AvgIpc) is 3.07. The van der Waals surface area contributed by atoms with Gasteiger partial charge in [-0.05, 0) is 68.4 Å². The number of hydrogen-bond donors (Lipinski definition) is 0. The van der Waals surface area contributed by atoms with Crippen LogP contribution in [0.1, 0.15) is 44.7 Å². The monoisotopic (exact) mass is 332 g/mol. The molecule has 5 rings (SSSR count). The van der Waals surface area contributed by atoms with Crippen LogP contribution in [0.25, 0.3) is 0 Å². The van der Waals surface area contributed by atoms with Crippen LogP contribution < -0.4 is 0 Å². The van der Waals surface area contributed by atoms with E-state index in [1.165, 1.54) is 24.0 Å². The lowest BCUT2D eigenvalue weighted by molar-refractivity contribution is -0.0889. The molecular weight excluding hydrogens is 304 g/mol. The Morgan fingerprint density at radius 2 is 1.20 bits per heavy atom. The van der Waals surface area contributed by atoms with Gasteiger partial charge in [-0.3, -0.25) is 0 Å². The van der Waals surface area contributed by atoms with Crippen LogP contribution >= 0.6 is 0 Å². The van der Waals surface area contributed by atoms with E-state index in [1.54, 1.807) is 0 Å². The first kappa shape index (κ1) is 15.6. The van der Waals surface area contributed by atoms with Crippen LogP contribution in [0.5, 0.6) is 0 Å². The van der Waals surface area contributed by atoms with E-state index in [1.807, 2.05) is 0 Å². The highest BCUT2D eigenvalue weighted by Crippen LogP contribution is 2.79. The SMILES string of the molecule is CC(C)(C)OC1[C@H]2CC[C@@H]1[C@@H]1[C@H]2C1(c1ccccc1)c1ccccc1. The van der Waals surface area contributed by atoms with Gasteiger partial charge in [-0.15, -0.1) is 0 Å². The molecule has 1 nitrogen and oxygen atoms in total. The summed E-state index contributed by atoms with van der Waals surface area (Å²) in [4.78, 5) is 0. The fourth-order valence-corrected chi connectivity index (χ4v) is 6.40. The Hall–Kier alpha value is -1.60. The predicted molar refractivity (Wildman–Crippen MR) is 101 cm³/mol. The van der Waals surface area contributed by atoms with Crippen LogP contribution in [0.15, 0.2) is 60.7 Å². The minimum absolute atomic E-state index is 0.0373. The molecule has 2 aromatic rings. The number of fused-ring (bicyclic) bond motifs is 5. The molecule has 0 radical (unpaired) electrons. The van der Waals surface area contributed by atoms with Crippen molar-refractivity contribution >= 4 is 0 Å². The second-order valence-electron chi connectivity index (χ2n) is 9.25. The van der Waals surface area contributed by atoms with E-state index < -0.39 is 0 Å². The molecule has 3 aliphatic carbocycles. The predicted octanol–water partition coefficient (Wildman–Crippen LogP) is 5.44. The van der Waals surface area contributed by atoms with Crippen molar-refractivity contribution in [2.24, 2.45) is 23.7 Å². The third kappa shape index (κ3) is 2.11. The molecule has 25 heavy (non-hydrogen) atoms. The summed E-state index contributed by atoms with van der Waals surface area (Å²) in [5.74, 6) is 2.94. The van der Waals surface area contributed by atoms with Crippen LogP contribution in [-0.4, -0.2) is 11.7 Å². The number of benzene rings is 2.